The summed E-state index contributed by atoms with van der Waals surface area (Å²) in [6.07, 6.45) is 2.33. The van der Waals surface area contributed by atoms with Crippen LogP contribution < -0.4 is 0 Å². The first kappa shape index (κ1) is 16.9. The van der Waals surface area contributed by atoms with E-state index in [0.717, 1.165) is 19.3 Å². The molecule has 2 rings (SSSR count). The van der Waals surface area contributed by atoms with Gasteiger partial charge < -0.3 is 9.84 Å². The van der Waals surface area contributed by atoms with Gasteiger partial charge in [0, 0.05) is 19.7 Å². The van der Waals surface area contributed by atoms with E-state index in [1.54, 1.807) is 30.3 Å². The molecule has 122 valence electrons. The van der Waals surface area contributed by atoms with Crippen LogP contribution >= 0.6 is 0 Å². The summed E-state index contributed by atoms with van der Waals surface area (Å²) in [6.45, 7) is 1.13. The molecule has 1 fully saturated rings. The van der Waals surface area contributed by atoms with Crippen molar-refractivity contribution in [2.45, 2.75) is 24.2 Å². The Kier molecular flexibility index (Phi) is 5.93. The van der Waals surface area contributed by atoms with E-state index in [-0.39, 0.29) is 6.61 Å². The van der Waals surface area contributed by atoms with E-state index in [1.165, 1.54) is 4.31 Å². The minimum absolute atomic E-state index is 0.277. The number of nitrogens with zero attached hydrogens (tertiary/aromatic N) is 1. The van der Waals surface area contributed by atoms with E-state index in [9.17, 15) is 13.2 Å². The number of benzene rings is 1. The average Bonchev–Trinajstić information content (AvgIpc) is 2.53. The minimum Gasteiger partial charge on any atom is -0.480 e. The number of hydrogen-bond acceptors (Lipinski definition) is 4. The second-order valence-electron chi connectivity index (χ2n) is 5.40. The molecule has 1 aromatic carbocycles. The molecule has 0 radical (unpaired) electrons. The van der Waals surface area contributed by atoms with Crippen molar-refractivity contribution in [3.63, 3.8) is 0 Å². The second-order valence-corrected chi connectivity index (χ2v) is 7.33. The monoisotopic (exact) mass is 327 g/mol. The fourth-order valence-corrected chi connectivity index (χ4v) is 4.08. The molecule has 1 aromatic rings. The molecule has 0 saturated carbocycles. The van der Waals surface area contributed by atoms with Crippen LogP contribution in [0.5, 0.6) is 0 Å². The SMILES string of the molecule is O=C(O)COCCC1CCN(S(=O)(=O)c2ccccc2)CC1. The Morgan fingerprint density at radius 3 is 2.45 bits per heavy atom. The van der Waals surface area contributed by atoms with Crippen LogP contribution in [-0.2, 0) is 19.6 Å². The first-order valence-electron chi connectivity index (χ1n) is 7.35. The molecule has 22 heavy (non-hydrogen) atoms. The van der Waals surface area contributed by atoms with Gasteiger partial charge in [-0.2, -0.15) is 4.31 Å². The quantitative estimate of drug-likeness (QED) is 0.769. The summed E-state index contributed by atoms with van der Waals surface area (Å²) in [5, 5.41) is 8.48. The Balaban J connectivity index is 1.81. The lowest BCUT2D eigenvalue weighted by molar-refractivity contribution is -0.142. The van der Waals surface area contributed by atoms with Crippen LogP contribution in [0.15, 0.2) is 35.2 Å². The fraction of sp³-hybridized carbons (Fsp3) is 0.533. The highest BCUT2D eigenvalue weighted by atomic mass is 32.2. The van der Waals surface area contributed by atoms with Crippen LogP contribution in [-0.4, -0.2) is 50.1 Å². The molecule has 1 N–H and O–H groups in total. The van der Waals surface area contributed by atoms with Crippen LogP contribution in [0.25, 0.3) is 0 Å². The molecular formula is C15H21NO5S. The molecule has 7 heteroatoms. The van der Waals surface area contributed by atoms with Crippen LogP contribution in [0.3, 0.4) is 0 Å². The number of hydrogen-bond donors (Lipinski definition) is 1. The molecule has 0 aliphatic carbocycles. The zero-order chi connectivity index (χ0) is 16.0. The average molecular weight is 327 g/mol. The number of sulfonamides is 1. The summed E-state index contributed by atoms with van der Waals surface area (Å²) >= 11 is 0. The Labute approximate surface area is 130 Å². The predicted molar refractivity (Wildman–Crippen MR) is 81.0 cm³/mol. The lowest BCUT2D eigenvalue weighted by atomic mass is 9.95. The highest BCUT2D eigenvalue weighted by Gasteiger charge is 2.28. The minimum atomic E-state index is -3.40. The molecular weight excluding hydrogens is 306 g/mol. The number of carbonyl (C=O) groups is 1. The second kappa shape index (κ2) is 7.71. The smallest absolute Gasteiger partial charge is 0.329 e. The maximum absolute atomic E-state index is 12.5. The van der Waals surface area contributed by atoms with E-state index in [0.29, 0.717) is 30.5 Å². The third kappa shape index (κ3) is 4.53. The molecule has 0 spiro atoms. The molecule has 0 amide bonds. The molecule has 1 aliphatic heterocycles. The maximum Gasteiger partial charge on any atom is 0.329 e. The number of ether oxygens (including phenoxy) is 1. The van der Waals surface area contributed by atoms with Crippen molar-refractivity contribution in [1.29, 1.82) is 0 Å². The van der Waals surface area contributed by atoms with E-state index < -0.39 is 16.0 Å². The lowest BCUT2D eigenvalue weighted by Crippen LogP contribution is -2.38. The number of carboxylic acid groups (broad SMARTS) is 1. The predicted octanol–water partition coefficient (Wildman–Crippen LogP) is 1.58. The highest BCUT2D eigenvalue weighted by Crippen LogP contribution is 2.25. The first-order valence-corrected chi connectivity index (χ1v) is 8.79. The number of carboxylic acids is 1. The molecule has 0 unspecified atom stereocenters. The molecule has 1 aliphatic rings. The Hall–Kier alpha value is -1.44. The van der Waals surface area contributed by atoms with Crippen LogP contribution in [0.1, 0.15) is 19.3 Å². The van der Waals surface area contributed by atoms with Gasteiger partial charge in [0.25, 0.3) is 0 Å². The van der Waals surface area contributed by atoms with Crippen LogP contribution in [0, 0.1) is 5.92 Å². The van der Waals surface area contributed by atoms with Gasteiger partial charge >= 0.3 is 5.97 Å². The van der Waals surface area contributed by atoms with Gasteiger partial charge in [0.05, 0.1) is 4.90 Å². The van der Waals surface area contributed by atoms with E-state index >= 15 is 0 Å². The van der Waals surface area contributed by atoms with Crippen molar-refractivity contribution in [3.8, 4) is 0 Å². The number of aliphatic carboxylic acids is 1. The van der Waals surface area contributed by atoms with Gasteiger partial charge in [-0.15, -0.1) is 0 Å². The van der Waals surface area contributed by atoms with Gasteiger partial charge in [0.15, 0.2) is 0 Å². The van der Waals surface area contributed by atoms with Crippen LogP contribution in [0.4, 0.5) is 0 Å². The fourth-order valence-electron chi connectivity index (χ4n) is 2.59. The summed E-state index contributed by atoms with van der Waals surface area (Å²) in [5.41, 5.74) is 0. The van der Waals surface area contributed by atoms with E-state index in [4.69, 9.17) is 9.84 Å². The Morgan fingerprint density at radius 2 is 1.86 bits per heavy atom. The maximum atomic E-state index is 12.5. The molecule has 1 saturated heterocycles. The van der Waals surface area contributed by atoms with Gasteiger partial charge in [-0.25, -0.2) is 13.2 Å². The Morgan fingerprint density at radius 1 is 1.23 bits per heavy atom. The van der Waals surface area contributed by atoms with Crippen molar-refractivity contribution in [2.75, 3.05) is 26.3 Å². The zero-order valence-electron chi connectivity index (χ0n) is 12.3. The normalized spacial score (nSPS) is 17.5. The standard InChI is InChI=1S/C15H21NO5S/c17-15(18)12-21-11-8-13-6-9-16(10-7-13)22(19,20)14-4-2-1-3-5-14/h1-5,13H,6-12H2,(H,17,18). The molecule has 1 heterocycles. The Bertz CT molecular complexity index is 579. The van der Waals surface area contributed by atoms with Crippen molar-refractivity contribution in [3.05, 3.63) is 30.3 Å². The molecule has 0 atom stereocenters. The molecule has 6 nitrogen and oxygen atoms in total. The third-order valence-electron chi connectivity index (χ3n) is 3.85. The summed E-state index contributed by atoms with van der Waals surface area (Å²) in [4.78, 5) is 10.7. The van der Waals surface area contributed by atoms with Gasteiger partial charge in [-0.1, -0.05) is 18.2 Å². The first-order chi connectivity index (χ1) is 10.5. The van der Waals surface area contributed by atoms with E-state index in [1.807, 2.05) is 0 Å². The van der Waals surface area contributed by atoms with Gasteiger partial charge in [0.2, 0.25) is 10.0 Å². The summed E-state index contributed by atoms with van der Waals surface area (Å²) in [6, 6.07) is 8.46. The van der Waals surface area contributed by atoms with Gasteiger partial charge in [0.1, 0.15) is 6.61 Å². The summed E-state index contributed by atoms with van der Waals surface area (Å²) < 4.78 is 31.5. The number of rotatable bonds is 7. The lowest BCUT2D eigenvalue weighted by Gasteiger charge is -2.31. The van der Waals surface area contributed by atoms with Gasteiger partial charge in [-0.05, 0) is 37.3 Å². The molecule has 0 bridgehead atoms. The van der Waals surface area contributed by atoms with Crippen molar-refractivity contribution >= 4 is 16.0 Å². The summed E-state index contributed by atoms with van der Waals surface area (Å²) in [7, 11) is -3.40. The van der Waals surface area contributed by atoms with Crippen LogP contribution in [0.2, 0.25) is 0 Å². The van der Waals surface area contributed by atoms with Crippen molar-refractivity contribution < 1.29 is 23.1 Å². The third-order valence-corrected chi connectivity index (χ3v) is 5.76. The topological polar surface area (TPSA) is 83.9 Å². The molecule has 0 aromatic heterocycles. The van der Waals surface area contributed by atoms with Crippen molar-refractivity contribution in [1.82, 2.24) is 4.31 Å². The largest absolute Gasteiger partial charge is 0.480 e. The summed E-state index contributed by atoms with van der Waals surface area (Å²) in [5.74, 6) is -0.584. The highest BCUT2D eigenvalue weighted by molar-refractivity contribution is 7.89. The number of piperidine rings is 1. The zero-order valence-corrected chi connectivity index (χ0v) is 13.2. The van der Waals surface area contributed by atoms with Crippen molar-refractivity contribution in [2.24, 2.45) is 5.92 Å². The van der Waals surface area contributed by atoms with E-state index in [2.05, 4.69) is 0 Å². The van der Waals surface area contributed by atoms with Gasteiger partial charge in [-0.3, -0.25) is 0 Å².